The third-order valence-electron chi connectivity index (χ3n) is 4.35. The van der Waals surface area contributed by atoms with Crippen LogP contribution in [0.25, 0.3) is 0 Å². The van der Waals surface area contributed by atoms with E-state index in [1.54, 1.807) is 18.2 Å². The van der Waals surface area contributed by atoms with Crippen LogP contribution in [0.5, 0.6) is 5.75 Å². The Morgan fingerprint density at radius 3 is 2.53 bits per heavy atom. The Bertz CT molecular complexity index is 1050. The first-order valence-corrected chi connectivity index (χ1v) is 11.0. The maximum atomic E-state index is 12.3. The summed E-state index contributed by atoms with van der Waals surface area (Å²) in [7, 11) is 1.86. The number of aryl methyl sites for hydroxylation is 2. The second-order valence-electron chi connectivity index (χ2n) is 6.92. The molecule has 9 heteroatoms. The van der Waals surface area contributed by atoms with Crippen LogP contribution >= 0.6 is 35.0 Å². The van der Waals surface area contributed by atoms with E-state index < -0.39 is 0 Å². The van der Waals surface area contributed by atoms with Gasteiger partial charge in [-0.15, -0.1) is 10.2 Å². The van der Waals surface area contributed by atoms with Crippen molar-refractivity contribution in [2.24, 2.45) is 7.05 Å². The van der Waals surface area contributed by atoms with Gasteiger partial charge in [0, 0.05) is 22.8 Å². The molecule has 1 amide bonds. The number of nitrogens with zero attached hydrogens (tertiary/aromatic N) is 3. The van der Waals surface area contributed by atoms with Crippen molar-refractivity contribution in [2.45, 2.75) is 32.0 Å². The summed E-state index contributed by atoms with van der Waals surface area (Å²) in [6.45, 7) is 5.98. The largest absolute Gasteiger partial charge is 0.482 e. The van der Waals surface area contributed by atoms with Gasteiger partial charge >= 0.3 is 0 Å². The molecular formula is C21H22Cl2N4O2S. The molecule has 0 radical (unpaired) electrons. The molecule has 0 aliphatic carbocycles. The third-order valence-corrected chi connectivity index (χ3v) is 5.80. The molecule has 3 aromatic rings. The lowest BCUT2D eigenvalue weighted by atomic mass is 10.1. The Hall–Kier alpha value is -2.22. The molecule has 0 spiro atoms. The second kappa shape index (κ2) is 9.73. The van der Waals surface area contributed by atoms with E-state index in [1.165, 1.54) is 17.3 Å². The number of carbonyl (C=O) groups is 1. The van der Waals surface area contributed by atoms with Crippen molar-refractivity contribution in [3.63, 3.8) is 0 Å². The zero-order chi connectivity index (χ0) is 21.8. The van der Waals surface area contributed by atoms with E-state index >= 15 is 0 Å². The van der Waals surface area contributed by atoms with Crippen molar-refractivity contribution in [2.75, 3.05) is 11.1 Å². The van der Waals surface area contributed by atoms with Crippen LogP contribution in [0.15, 0.2) is 41.6 Å². The third kappa shape index (κ3) is 5.68. The summed E-state index contributed by atoms with van der Waals surface area (Å²) in [4.78, 5) is 12.3. The summed E-state index contributed by atoms with van der Waals surface area (Å²) < 4.78 is 7.91. The zero-order valence-electron chi connectivity index (χ0n) is 17.1. The minimum atomic E-state index is -0.291. The topological polar surface area (TPSA) is 69.0 Å². The van der Waals surface area contributed by atoms with Gasteiger partial charge in [0.15, 0.2) is 17.1 Å². The van der Waals surface area contributed by atoms with E-state index in [2.05, 4.69) is 21.6 Å². The lowest BCUT2D eigenvalue weighted by molar-refractivity contribution is -0.113. The molecule has 0 aliphatic rings. The van der Waals surface area contributed by atoms with E-state index in [-0.39, 0.29) is 17.8 Å². The summed E-state index contributed by atoms with van der Waals surface area (Å²) in [6, 6.07) is 10.9. The van der Waals surface area contributed by atoms with Gasteiger partial charge in [-0.2, -0.15) is 0 Å². The summed E-state index contributed by atoms with van der Waals surface area (Å²) >= 11 is 13.2. The Labute approximate surface area is 189 Å². The monoisotopic (exact) mass is 464 g/mol. The molecule has 6 nitrogen and oxygen atoms in total. The predicted octanol–water partition coefficient (Wildman–Crippen LogP) is 5.61. The van der Waals surface area contributed by atoms with Crippen LogP contribution in [0.1, 0.15) is 30.0 Å². The van der Waals surface area contributed by atoms with Crippen LogP contribution in [-0.4, -0.2) is 26.4 Å². The summed E-state index contributed by atoms with van der Waals surface area (Å²) in [5.41, 5.74) is 2.80. The number of carbonyl (C=O) groups excluding carboxylic acids is 1. The fourth-order valence-corrected chi connectivity index (χ4v) is 4.18. The molecule has 1 atom stereocenters. The van der Waals surface area contributed by atoms with Crippen molar-refractivity contribution < 1.29 is 9.53 Å². The van der Waals surface area contributed by atoms with Crippen LogP contribution in [-0.2, 0) is 11.8 Å². The molecule has 0 fully saturated rings. The molecular weight excluding hydrogens is 443 g/mol. The van der Waals surface area contributed by atoms with E-state index in [4.69, 9.17) is 27.9 Å². The molecule has 1 heterocycles. The van der Waals surface area contributed by atoms with Crippen molar-refractivity contribution in [3.8, 4) is 5.75 Å². The molecule has 30 heavy (non-hydrogen) atoms. The van der Waals surface area contributed by atoms with Gasteiger partial charge in [-0.3, -0.25) is 4.79 Å². The van der Waals surface area contributed by atoms with Crippen LogP contribution in [0.3, 0.4) is 0 Å². The van der Waals surface area contributed by atoms with Crippen molar-refractivity contribution in [1.82, 2.24) is 14.8 Å². The Kier molecular flexibility index (Phi) is 7.28. The van der Waals surface area contributed by atoms with Gasteiger partial charge < -0.3 is 14.6 Å². The highest BCUT2D eigenvalue weighted by Crippen LogP contribution is 2.27. The highest BCUT2D eigenvalue weighted by molar-refractivity contribution is 7.99. The summed E-state index contributed by atoms with van der Waals surface area (Å²) in [5.74, 6) is 1.47. The van der Waals surface area contributed by atoms with Gasteiger partial charge in [-0.1, -0.05) is 52.7 Å². The Balaban J connectivity index is 1.61. The van der Waals surface area contributed by atoms with Gasteiger partial charge in [-0.05, 0) is 50.6 Å². The number of ether oxygens (including phenoxy) is 1. The zero-order valence-corrected chi connectivity index (χ0v) is 19.4. The lowest BCUT2D eigenvalue weighted by Crippen LogP contribution is -2.15. The fraction of sp³-hybridized carbons (Fsp3) is 0.286. The molecule has 0 saturated carbocycles. The average Bonchev–Trinajstić information content (AvgIpc) is 3.02. The predicted molar refractivity (Wildman–Crippen MR) is 122 cm³/mol. The molecule has 1 unspecified atom stereocenters. The van der Waals surface area contributed by atoms with Crippen LogP contribution in [0.2, 0.25) is 10.0 Å². The number of nitrogens with one attached hydrogen (secondary N) is 1. The van der Waals surface area contributed by atoms with E-state index in [1.807, 2.05) is 44.5 Å². The number of halogens is 2. The van der Waals surface area contributed by atoms with Gasteiger partial charge in [0.05, 0.1) is 5.75 Å². The first-order valence-electron chi connectivity index (χ1n) is 9.25. The van der Waals surface area contributed by atoms with Crippen LogP contribution < -0.4 is 10.1 Å². The van der Waals surface area contributed by atoms with Crippen molar-refractivity contribution in [3.05, 3.63) is 63.4 Å². The van der Waals surface area contributed by atoms with E-state index in [0.717, 1.165) is 11.3 Å². The molecule has 1 aromatic heterocycles. The van der Waals surface area contributed by atoms with Gasteiger partial charge in [0.1, 0.15) is 5.75 Å². The second-order valence-corrected chi connectivity index (χ2v) is 8.74. The number of aromatic nitrogens is 3. The number of hydrogen-bond donors (Lipinski definition) is 1. The SMILES string of the molecule is Cc1ccc(OC(C)c2nnc(SCC(=O)Nc3cc(Cl)cc(Cl)c3)n2C)c(C)c1. The molecule has 3 rings (SSSR count). The number of hydrogen-bond acceptors (Lipinski definition) is 5. The minimum Gasteiger partial charge on any atom is -0.482 e. The number of benzene rings is 2. The van der Waals surface area contributed by atoms with Crippen LogP contribution in [0, 0.1) is 13.8 Å². The highest BCUT2D eigenvalue weighted by atomic mass is 35.5. The highest BCUT2D eigenvalue weighted by Gasteiger charge is 2.19. The summed E-state index contributed by atoms with van der Waals surface area (Å²) in [6.07, 6.45) is -0.291. The van der Waals surface area contributed by atoms with Crippen molar-refractivity contribution in [1.29, 1.82) is 0 Å². The van der Waals surface area contributed by atoms with E-state index in [9.17, 15) is 4.79 Å². The number of rotatable bonds is 7. The Morgan fingerprint density at radius 2 is 1.87 bits per heavy atom. The minimum absolute atomic E-state index is 0.169. The smallest absolute Gasteiger partial charge is 0.234 e. The molecule has 0 saturated heterocycles. The normalized spacial score (nSPS) is 11.9. The molecule has 158 valence electrons. The fourth-order valence-electron chi connectivity index (χ4n) is 2.93. The van der Waals surface area contributed by atoms with Crippen LogP contribution in [0.4, 0.5) is 5.69 Å². The lowest BCUT2D eigenvalue weighted by Gasteiger charge is -2.16. The van der Waals surface area contributed by atoms with Gasteiger partial charge in [0.25, 0.3) is 0 Å². The maximum absolute atomic E-state index is 12.3. The molecule has 0 aliphatic heterocycles. The Morgan fingerprint density at radius 1 is 1.17 bits per heavy atom. The number of thioether (sulfide) groups is 1. The molecule has 0 bridgehead atoms. The number of anilines is 1. The maximum Gasteiger partial charge on any atom is 0.234 e. The average molecular weight is 465 g/mol. The first-order chi connectivity index (χ1) is 14.2. The van der Waals surface area contributed by atoms with Gasteiger partial charge in [-0.25, -0.2) is 0 Å². The first kappa shape index (κ1) is 22.5. The van der Waals surface area contributed by atoms with Gasteiger partial charge in [0.2, 0.25) is 5.91 Å². The summed E-state index contributed by atoms with van der Waals surface area (Å²) in [5, 5.41) is 12.8. The van der Waals surface area contributed by atoms with Crippen molar-refractivity contribution >= 4 is 46.6 Å². The van der Waals surface area contributed by atoms with E-state index in [0.29, 0.717) is 26.7 Å². The number of amides is 1. The quantitative estimate of drug-likeness (QED) is 0.460. The standard InChI is InChI=1S/C21H22Cl2N4O2S/c1-12-5-6-18(13(2)7-12)29-14(3)20-25-26-21(27(20)4)30-11-19(28)24-17-9-15(22)8-16(23)10-17/h5-10,14H,11H2,1-4H3,(H,24,28). The molecule has 2 aromatic carbocycles. The molecule has 1 N–H and O–H groups in total.